The number of rotatable bonds is 8. The first-order chi connectivity index (χ1) is 15.1. The molecule has 31 heavy (non-hydrogen) atoms. The summed E-state index contributed by atoms with van der Waals surface area (Å²) in [6, 6.07) is 18.8. The second-order valence-electron chi connectivity index (χ2n) is 6.54. The van der Waals surface area contributed by atoms with E-state index in [1.807, 2.05) is 65.2 Å². The largest absolute Gasteiger partial charge is 0.497 e. The highest BCUT2D eigenvalue weighted by Crippen LogP contribution is 2.27. The van der Waals surface area contributed by atoms with Crippen molar-refractivity contribution in [1.29, 1.82) is 0 Å². The molecule has 4 rings (SSSR count). The highest BCUT2D eigenvalue weighted by Gasteiger charge is 2.17. The van der Waals surface area contributed by atoms with Crippen molar-refractivity contribution in [1.82, 2.24) is 14.8 Å². The monoisotopic (exact) mass is 498 g/mol. The summed E-state index contributed by atoms with van der Waals surface area (Å²) in [5.74, 6) is 2.31. The molecule has 0 fully saturated rings. The molecule has 1 amide bonds. The van der Waals surface area contributed by atoms with Gasteiger partial charge in [-0.05, 0) is 60.7 Å². The lowest BCUT2D eigenvalue weighted by molar-refractivity contribution is -0.113. The Hall–Kier alpha value is -3.04. The molecular weight excluding hydrogens is 480 g/mol. The van der Waals surface area contributed by atoms with Gasteiger partial charge in [-0.15, -0.1) is 10.2 Å². The lowest BCUT2D eigenvalue weighted by Gasteiger charge is -2.10. The molecule has 0 radical (unpaired) electrons. The Balaban J connectivity index is 1.52. The van der Waals surface area contributed by atoms with Crippen molar-refractivity contribution in [2.24, 2.45) is 0 Å². The van der Waals surface area contributed by atoms with E-state index >= 15 is 0 Å². The summed E-state index contributed by atoms with van der Waals surface area (Å²) >= 11 is 4.71. The number of furan rings is 1. The minimum absolute atomic E-state index is 0.120. The van der Waals surface area contributed by atoms with Crippen LogP contribution in [0.3, 0.4) is 0 Å². The summed E-state index contributed by atoms with van der Waals surface area (Å²) in [5, 5.41) is 12.2. The average molecular weight is 499 g/mol. The van der Waals surface area contributed by atoms with E-state index in [9.17, 15) is 4.79 Å². The van der Waals surface area contributed by atoms with E-state index < -0.39 is 0 Å². The van der Waals surface area contributed by atoms with E-state index in [0.29, 0.717) is 17.5 Å². The van der Waals surface area contributed by atoms with Crippen LogP contribution in [-0.2, 0) is 11.3 Å². The van der Waals surface area contributed by atoms with Gasteiger partial charge in [-0.1, -0.05) is 27.7 Å². The van der Waals surface area contributed by atoms with Gasteiger partial charge in [-0.2, -0.15) is 0 Å². The molecule has 1 N–H and O–H groups in total. The SMILES string of the molecule is COc1ccc(-c2nnc(SCC(=O)Nc3ccc(Br)cc3)n2Cc2ccco2)cc1. The fourth-order valence-corrected chi connectivity index (χ4v) is 3.91. The minimum atomic E-state index is -0.120. The molecule has 0 bridgehead atoms. The second-order valence-corrected chi connectivity index (χ2v) is 8.40. The molecule has 0 aliphatic carbocycles. The number of anilines is 1. The van der Waals surface area contributed by atoms with E-state index in [1.165, 1.54) is 11.8 Å². The summed E-state index contributed by atoms with van der Waals surface area (Å²) in [6.45, 7) is 0.456. The van der Waals surface area contributed by atoms with Crippen molar-refractivity contribution in [2.75, 3.05) is 18.2 Å². The third-order valence-corrected chi connectivity index (χ3v) is 5.91. The summed E-state index contributed by atoms with van der Waals surface area (Å²) < 4.78 is 13.6. The molecule has 158 valence electrons. The first-order valence-corrected chi connectivity index (χ1v) is 11.2. The lowest BCUT2D eigenvalue weighted by atomic mass is 10.2. The van der Waals surface area contributed by atoms with Crippen LogP contribution in [0.2, 0.25) is 0 Å². The molecule has 2 aromatic carbocycles. The van der Waals surface area contributed by atoms with Crippen molar-refractivity contribution in [2.45, 2.75) is 11.7 Å². The van der Waals surface area contributed by atoms with Crippen LogP contribution >= 0.6 is 27.7 Å². The summed E-state index contributed by atoms with van der Waals surface area (Å²) in [7, 11) is 1.63. The fourth-order valence-electron chi connectivity index (χ4n) is 2.91. The number of thioether (sulfide) groups is 1. The molecule has 0 atom stereocenters. The molecule has 2 heterocycles. The van der Waals surface area contributed by atoms with E-state index in [0.717, 1.165) is 27.2 Å². The molecule has 2 aromatic heterocycles. The summed E-state index contributed by atoms with van der Waals surface area (Å²) in [4.78, 5) is 12.4. The van der Waals surface area contributed by atoms with Gasteiger partial charge in [-0.3, -0.25) is 9.36 Å². The smallest absolute Gasteiger partial charge is 0.234 e. The van der Waals surface area contributed by atoms with Crippen LogP contribution in [0.15, 0.2) is 81.0 Å². The molecule has 9 heteroatoms. The number of amides is 1. The maximum atomic E-state index is 12.4. The van der Waals surface area contributed by atoms with E-state index in [4.69, 9.17) is 9.15 Å². The van der Waals surface area contributed by atoms with E-state index in [2.05, 4.69) is 31.4 Å². The number of methoxy groups -OCH3 is 1. The van der Waals surface area contributed by atoms with Crippen molar-refractivity contribution in [3.63, 3.8) is 0 Å². The first kappa shape index (κ1) is 21.2. The number of carbonyl (C=O) groups excluding carboxylic acids is 1. The van der Waals surface area contributed by atoms with Gasteiger partial charge in [0.2, 0.25) is 5.91 Å². The first-order valence-electron chi connectivity index (χ1n) is 9.40. The zero-order valence-electron chi connectivity index (χ0n) is 16.6. The molecule has 0 spiro atoms. The van der Waals surface area contributed by atoms with Gasteiger partial charge in [-0.25, -0.2) is 0 Å². The maximum absolute atomic E-state index is 12.4. The van der Waals surface area contributed by atoms with Gasteiger partial charge in [0, 0.05) is 15.7 Å². The van der Waals surface area contributed by atoms with Gasteiger partial charge in [0.1, 0.15) is 11.5 Å². The Bertz CT molecular complexity index is 1140. The van der Waals surface area contributed by atoms with Gasteiger partial charge in [0.15, 0.2) is 11.0 Å². The molecule has 0 saturated heterocycles. The van der Waals surface area contributed by atoms with Gasteiger partial charge >= 0.3 is 0 Å². The summed E-state index contributed by atoms with van der Waals surface area (Å²) in [5.41, 5.74) is 1.63. The van der Waals surface area contributed by atoms with Crippen LogP contribution in [0.4, 0.5) is 5.69 Å². The average Bonchev–Trinajstić information content (AvgIpc) is 3.44. The molecule has 4 aromatic rings. The zero-order valence-corrected chi connectivity index (χ0v) is 19.0. The predicted octanol–water partition coefficient (Wildman–Crippen LogP) is 5.09. The van der Waals surface area contributed by atoms with Gasteiger partial charge in [0.05, 0.1) is 25.7 Å². The Labute approximate surface area is 191 Å². The molecular formula is C22H19BrN4O3S. The van der Waals surface area contributed by atoms with Gasteiger partial charge in [0.25, 0.3) is 0 Å². The number of carbonyl (C=O) groups is 1. The normalized spacial score (nSPS) is 10.8. The Kier molecular flexibility index (Phi) is 6.73. The standard InChI is InChI=1S/C22H19BrN4O3S/c1-29-18-10-4-15(5-11-18)21-25-26-22(27(21)13-19-3-2-12-30-19)31-14-20(28)24-17-8-6-16(23)7-9-17/h2-12H,13-14H2,1H3,(H,24,28). The number of aromatic nitrogens is 3. The minimum Gasteiger partial charge on any atom is -0.497 e. The number of ether oxygens (including phenoxy) is 1. The molecule has 0 aliphatic heterocycles. The highest BCUT2D eigenvalue weighted by atomic mass is 79.9. The number of halogens is 1. The zero-order chi connectivity index (χ0) is 21.6. The van der Waals surface area contributed by atoms with Crippen LogP contribution < -0.4 is 10.1 Å². The third kappa shape index (κ3) is 5.36. The van der Waals surface area contributed by atoms with Crippen LogP contribution in [0, 0.1) is 0 Å². The van der Waals surface area contributed by atoms with Crippen LogP contribution in [0.5, 0.6) is 5.75 Å². The maximum Gasteiger partial charge on any atom is 0.234 e. The lowest BCUT2D eigenvalue weighted by Crippen LogP contribution is -2.14. The molecule has 0 aliphatic rings. The second kappa shape index (κ2) is 9.84. The fraction of sp³-hybridized carbons (Fsp3) is 0.136. The molecule has 0 unspecified atom stereocenters. The topological polar surface area (TPSA) is 82.2 Å². The highest BCUT2D eigenvalue weighted by molar-refractivity contribution is 9.10. The number of nitrogens with one attached hydrogen (secondary N) is 1. The van der Waals surface area contributed by atoms with Crippen molar-refractivity contribution >= 4 is 39.3 Å². The molecule has 7 nitrogen and oxygen atoms in total. The Morgan fingerprint density at radius 3 is 2.58 bits per heavy atom. The van der Waals surface area contributed by atoms with Crippen LogP contribution in [0.1, 0.15) is 5.76 Å². The Morgan fingerprint density at radius 1 is 1.13 bits per heavy atom. The van der Waals surface area contributed by atoms with Crippen LogP contribution in [-0.4, -0.2) is 33.5 Å². The quantitative estimate of drug-likeness (QED) is 0.340. The summed E-state index contributed by atoms with van der Waals surface area (Å²) in [6.07, 6.45) is 1.63. The van der Waals surface area contributed by atoms with Crippen LogP contribution in [0.25, 0.3) is 11.4 Å². The van der Waals surface area contributed by atoms with Gasteiger partial charge < -0.3 is 14.5 Å². The van der Waals surface area contributed by atoms with E-state index in [1.54, 1.807) is 13.4 Å². The number of nitrogens with zero attached hydrogens (tertiary/aromatic N) is 3. The number of hydrogen-bond donors (Lipinski definition) is 1. The van der Waals surface area contributed by atoms with Crippen molar-refractivity contribution < 1.29 is 13.9 Å². The van der Waals surface area contributed by atoms with Crippen molar-refractivity contribution in [3.05, 3.63) is 77.2 Å². The predicted molar refractivity (Wildman–Crippen MR) is 123 cm³/mol. The third-order valence-electron chi connectivity index (χ3n) is 4.42. The Morgan fingerprint density at radius 2 is 1.90 bits per heavy atom. The molecule has 0 saturated carbocycles. The number of hydrogen-bond acceptors (Lipinski definition) is 6. The number of benzene rings is 2. The van der Waals surface area contributed by atoms with Crippen molar-refractivity contribution in [3.8, 4) is 17.1 Å². The van der Waals surface area contributed by atoms with E-state index in [-0.39, 0.29) is 11.7 Å².